The van der Waals surface area contributed by atoms with E-state index in [4.69, 9.17) is 4.74 Å². The van der Waals surface area contributed by atoms with Crippen molar-refractivity contribution in [2.75, 3.05) is 38.3 Å². The van der Waals surface area contributed by atoms with Crippen LogP contribution in [0.3, 0.4) is 0 Å². The van der Waals surface area contributed by atoms with Gasteiger partial charge in [-0.15, -0.1) is 0 Å². The van der Waals surface area contributed by atoms with Crippen molar-refractivity contribution < 1.29 is 9.13 Å². The Balaban J connectivity index is 2.04. The van der Waals surface area contributed by atoms with Crippen molar-refractivity contribution in [1.29, 1.82) is 0 Å². The lowest BCUT2D eigenvalue weighted by Gasteiger charge is -2.30. The second-order valence-electron chi connectivity index (χ2n) is 5.88. The van der Waals surface area contributed by atoms with E-state index in [0.29, 0.717) is 12.5 Å². The van der Waals surface area contributed by atoms with Gasteiger partial charge in [-0.05, 0) is 43.9 Å². The van der Waals surface area contributed by atoms with Crippen molar-refractivity contribution in [3.05, 3.63) is 29.6 Å². The summed E-state index contributed by atoms with van der Waals surface area (Å²) in [5.41, 5.74) is 1.76. The number of ether oxygens (including phenoxy) is 1. The number of rotatable bonds is 7. The molecule has 1 saturated heterocycles. The van der Waals surface area contributed by atoms with Gasteiger partial charge in [-0.2, -0.15) is 0 Å². The molecule has 0 saturated carbocycles. The largest absolute Gasteiger partial charge is 0.381 e. The molecule has 1 N–H and O–H groups in total. The molecular formula is C17H27FN2O. The van der Waals surface area contributed by atoms with Crippen molar-refractivity contribution in [2.24, 2.45) is 5.92 Å². The van der Waals surface area contributed by atoms with Gasteiger partial charge in [0.1, 0.15) is 5.82 Å². The second-order valence-corrected chi connectivity index (χ2v) is 5.88. The van der Waals surface area contributed by atoms with E-state index in [1.54, 1.807) is 12.1 Å². The molecule has 0 spiro atoms. The molecule has 0 aromatic heterocycles. The summed E-state index contributed by atoms with van der Waals surface area (Å²) in [5.74, 6) is 0.423. The number of benzene rings is 1. The van der Waals surface area contributed by atoms with Gasteiger partial charge in [0.25, 0.3) is 0 Å². The molecule has 1 unspecified atom stereocenters. The average Bonchev–Trinajstić information content (AvgIpc) is 2.50. The van der Waals surface area contributed by atoms with Crippen molar-refractivity contribution in [3.63, 3.8) is 0 Å². The Kier molecular flexibility index (Phi) is 6.46. The molecule has 1 heterocycles. The van der Waals surface area contributed by atoms with Gasteiger partial charge < -0.3 is 15.0 Å². The molecule has 0 amide bonds. The first-order valence-corrected chi connectivity index (χ1v) is 7.99. The van der Waals surface area contributed by atoms with Crippen molar-refractivity contribution >= 4 is 5.69 Å². The first kappa shape index (κ1) is 16.2. The molecular weight excluding hydrogens is 267 g/mol. The fraction of sp³-hybridized carbons (Fsp3) is 0.647. The lowest BCUT2D eigenvalue weighted by molar-refractivity contribution is 0.0576. The molecule has 1 fully saturated rings. The third kappa shape index (κ3) is 4.68. The third-order valence-electron chi connectivity index (χ3n) is 4.02. The molecule has 0 bridgehead atoms. The zero-order valence-corrected chi connectivity index (χ0v) is 13.2. The summed E-state index contributed by atoms with van der Waals surface area (Å²) in [4.78, 5) is 2.17. The van der Waals surface area contributed by atoms with Crippen LogP contribution in [0.25, 0.3) is 0 Å². The first-order chi connectivity index (χ1) is 10.2. The summed E-state index contributed by atoms with van der Waals surface area (Å²) in [6.45, 7) is 6.24. The fourth-order valence-corrected chi connectivity index (χ4v) is 2.91. The number of halogens is 1. The topological polar surface area (TPSA) is 24.5 Å². The van der Waals surface area contributed by atoms with Crippen molar-refractivity contribution in [1.82, 2.24) is 5.32 Å². The van der Waals surface area contributed by atoms with Crippen LogP contribution < -0.4 is 10.2 Å². The molecule has 1 atom stereocenters. The Morgan fingerprint density at radius 1 is 1.43 bits per heavy atom. The summed E-state index contributed by atoms with van der Waals surface area (Å²) in [7, 11) is 2.05. The van der Waals surface area contributed by atoms with Crippen LogP contribution in [0.4, 0.5) is 10.1 Å². The number of nitrogens with zero attached hydrogens (tertiary/aromatic N) is 1. The predicted molar refractivity (Wildman–Crippen MR) is 85.2 cm³/mol. The summed E-state index contributed by atoms with van der Waals surface area (Å²) in [5, 5.41) is 3.30. The fourth-order valence-electron chi connectivity index (χ4n) is 2.91. The first-order valence-electron chi connectivity index (χ1n) is 7.99. The van der Waals surface area contributed by atoms with Crippen LogP contribution >= 0.6 is 0 Å². The Labute approximate surface area is 127 Å². The number of anilines is 1. The van der Waals surface area contributed by atoms with Crippen LogP contribution in [0.15, 0.2) is 18.2 Å². The number of hydrogen-bond acceptors (Lipinski definition) is 3. The lowest BCUT2D eigenvalue weighted by atomic mass is 10.0. The molecule has 1 aliphatic rings. The second kappa shape index (κ2) is 8.35. The maximum absolute atomic E-state index is 14.1. The van der Waals surface area contributed by atoms with Crippen LogP contribution in [0.1, 0.15) is 31.7 Å². The van der Waals surface area contributed by atoms with Gasteiger partial charge >= 0.3 is 0 Å². The van der Waals surface area contributed by atoms with E-state index < -0.39 is 0 Å². The van der Waals surface area contributed by atoms with E-state index in [2.05, 4.69) is 17.1 Å². The average molecular weight is 294 g/mol. The standard InChI is InChI=1S/C17H27FN2O/c1-3-9-19-11-15-16(18)7-4-8-17(15)20(2)12-14-6-5-10-21-13-14/h4,7-8,14,19H,3,5-6,9-13H2,1-2H3. The highest BCUT2D eigenvalue weighted by atomic mass is 19.1. The Hall–Kier alpha value is -1.13. The molecule has 0 radical (unpaired) electrons. The number of nitrogens with one attached hydrogen (secondary N) is 1. The zero-order valence-electron chi connectivity index (χ0n) is 13.2. The third-order valence-corrected chi connectivity index (χ3v) is 4.02. The van der Waals surface area contributed by atoms with E-state index in [-0.39, 0.29) is 5.82 Å². The minimum absolute atomic E-state index is 0.122. The molecule has 21 heavy (non-hydrogen) atoms. The maximum atomic E-state index is 14.1. The highest BCUT2D eigenvalue weighted by molar-refractivity contribution is 5.53. The Morgan fingerprint density at radius 2 is 2.29 bits per heavy atom. The van der Waals surface area contributed by atoms with Crippen molar-refractivity contribution in [2.45, 2.75) is 32.7 Å². The van der Waals surface area contributed by atoms with E-state index in [1.165, 1.54) is 6.42 Å². The summed E-state index contributed by atoms with van der Waals surface area (Å²) in [6.07, 6.45) is 3.38. The zero-order chi connectivity index (χ0) is 15.1. The van der Waals surface area contributed by atoms with Gasteiger partial charge in [-0.1, -0.05) is 13.0 Å². The molecule has 1 aromatic rings. The van der Waals surface area contributed by atoms with Gasteiger partial charge in [0.15, 0.2) is 0 Å². The van der Waals surface area contributed by atoms with Crippen LogP contribution in [-0.4, -0.2) is 33.4 Å². The quantitative estimate of drug-likeness (QED) is 0.782. The van der Waals surface area contributed by atoms with Crippen LogP contribution in [0.2, 0.25) is 0 Å². The van der Waals surface area contributed by atoms with Gasteiger partial charge in [0, 0.05) is 38.0 Å². The molecule has 118 valence electrons. The molecule has 1 aromatic carbocycles. The van der Waals surface area contributed by atoms with Gasteiger partial charge in [0.05, 0.1) is 6.61 Å². The Bertz CT molecular complexity index is 433. The molecule has 4 heteroatoms. The molecule has 0 aliphatic carbocycles. The minimum Gasteiger partial charge on any atom is -0.381 e. The monoisotopic (exact) mass is 294 g/mol. The van der Waals surface area contributed by atoms with E-state index in [0.717, 1.165) is 50.4 Å². The summed E-state index contributed by atoms with van der Waals surface area (Å²) < 4.78 is 19.7. The molecule has 2 rings (SSSR count). The summed E-state index contributed by atoms with van der Waals surface area (Å²) >= 11 is 0. The Morgan fingerprint density at radius 3 is 3.00 bits per heavy atom. The predicted octanol–water partition coefficient (Wildman–Crippen LogP) is 3.19. The smallest absolute Gasteiger partial charge is 0.129 e. The van der Waals surface area contributed by atoms with Crippen LogP contribution in [0.5, 0.6) is 0 Å². The van der Waals surface area contributed by atoms with Gasteiger partial charge in [-0.3, -0.25) is 0 Å². The van der Waals surface area contributed by atoms with Gasteiger partial charge in [-0.25, -0.2) is 4.39 Å². The maximum Gasteiger partial charge on any atom is 0.129 e. The normalized spacial score (nSPS) is 18.7. The van der Waals surface area contributed by atoms with E-state index in [1.807, 2.05) is 13.1 Å². The SMILES string of the molecule is CCCNCc1c(F)cccc1N(C)CC1CCCOC1. The minimum atomic E-state index is -0.122. The van der Waals surface area contributed by atoms with Crippen LogP contribution in [-0.2, 0) is 11.3 Å². The lowest BCUT2D eigenvalue weighted by Crippen LogP contribution is -2.32. The molecule has 3 nitrogen and oxygen atoms in total. The van der Waals surface area contributed by atoms with Gasteiger partial charge in [0.2, 0.25) is 0 Å². The number of hydrogen-bond donors (Lipinski definition) is 1. The van der Waals surface area contributed by atoms with Crippen molar-refractivity contribution in [3.8, 4) is 0 Å². The van der Waals surface area contributed by atoms with E-state index in [9.17, 15) is 4.39 Å². The highest BCUT2D eigenvalue weighted by Gasteiger charge is 2.18. The molecule has 1 aliphatic heterocycles. The highest BCUT2D eigenvalue weighted by Crippen LogP contribution is 2.24. The van der Waals surface area contributed by atoms with E-state index >= 15 is 0 Å². The van der Waals surface area contributed by atoms with Crippen LogP contribution in [0, 0.1) is 11.7 Å². The summed E-state index contributed by atoms with van der Waals surface area (Å²) in [6, 6.07) is 5.35.